The lowest BCUT2D eigenvalue weighted by Crippen LogP contribution is -2.31. The van der Waals surface area contributed by atoms with Crippen LogP contribution in [-0.2, 0) is 11.4 Å². The number of oxime groups is 1. The van der Waals surface area contributed by atoms with Crippen LogP contribution in [0.15, 0.2) is 57.9 Å². The highest BCUT2D eigenvalue weighted by atomic mass is 16.6. The molecule has 10 nitrogen and oxygen atoms in total. The number of amides is 2. The summed E-state index contributed by atoms with van der Waals surface area (Å²) < 4.78 is 1.80. The van der Waals surface area contributed by atoms with E-state index in [2.05, 4.69) is 49.0 Å². The van der Waals surface area contributed by atoms with E-state index in [1.165, 1.54) is 5.57 Å². The van der Waals surface area contributed by atoms with E-state index in [-0.39, 0.29) is 13.2 Å². The molecule has 0 fully saturated rings. The van der Waals surface area contributed by atoms with Crippen LogP contribution in [0.2, 0.25) is 0 Å². The maximum Gasteiger partial charge on any atom is 0.312 e. The first-order valence-corrected chi connectivity index (χ1v) is 9.61. The van der Waals surface area contributed by atoms with Crippen LogP contribution in [-0.4, -0.2) is 51.1 Å². The molecule has 4 rings (SSSR count). The Bertz CT molecular complexity index is 1110. The number of allylic oxidation sites excluding steroid dienone is 5. The Hall–Kier alpha value is -3.82. The SMILES string of the molecule is C/C(=N\OCCNC(N)=O)c1ccc2nnn(CC3=CC=C4N=CC=CC4C3)c2n1. The molecular weight excluding hydrogens is 384 g/mol. The van der Waals surface area contributed by atoms with Gasteiger partial charge in [0.2, 0.25) is 0 Å². The molecule has 1 unspecified atom stereocenters. The molecule has 0 bridgehead atoms. The van der Waals surface area contributed by atoms with Gasteiger partial charge in [-0.25, -0.2) is 14.5 Å². The number of fused-ring (bicyclic) bond motifs is 2. The Morgan fingerprint density at radius 2 is 2.30 bits per heavy atom. The molecule has 154 valence electrons. The fraction of sp³-hybridized carbons (Fsp3) is 0.300. The van der Waals surface area contributed by atoms with Gasteiger partial charge in [0, 0.05) is 17.8 Å². The zero-order chi connectivity index (χ0) is 20.9. The molecule has 0 spiro atoms. The summed E-state index contributed by atoms with van der Waals surface area (Å²) >= 11 is 0. The van der Waals surface area contributed by atoms with Gasteiger partial charge in [-0.2, -0.15) is 0 Å². The summed E-state index contributed by atoms with van der Waals surface area (Å²) in [5.41, 5.74) is 10.00. The number of dihydropyridines is 1. The second-order valence-corrected chi connectivity index (χ2v) is 6.98. The van der Waals surface area contributed by atoms with E-state index in [0.29, 0.717) is 35.0 Å². The second kappa shape index (κ2) is 8.68. The normalized spacial score (nSPS) is 18.0. The fourth-order valence-electron chi connectivity index (χ4n) is 3.28. The van der Waals surface area contributed by atoms with E-state index in [4.69, 9.17) is 10.6 Å². The van der Waals surface area contributed by atoms with Crippen LogP contribution in [0.4, 0.5) is 4.79 Å². The summed E-state index contributed by atoms with van der Waals surface area (Å²) in [6, 6.07) is 3.09. The van der Waals surface area contributed by atoms with Crippen molar-refractivity contribution in [2.24, 2.45) is 21.8 Å². The van der Waals surface area contributed by atoms with Crippen LogP contribution in [0, 0.1) is 5.92 Å². The first-order valence-electron chi connectivity index (χ1n) is 9.61. The van der Waals surface area contributed by atoms with Crippen LogP contribution in [0.3, 0.4) is 0 Å². The third kappa shape index (κ3) is 4.43. The van der Waals surface area contributed by atoms with Gasteiger partial charge in [-0.3, -0.25) is 4.99 Å². The molecule has 2 aromatic rings. The second-order valence-electron chi connectivity index (χ2n) is 6.98. The monoisotopic (exact) mass is 406 g/mol. The van der Waals surface area contributed by atoms with Gasteiger partial charge in [0.15, 0.2) is 5.65 Å². The van der Waals surface area contributed by atoms with Gasteiger partial charge in [0.1, 0.15) is 17.8 Å². The van der Waals surface area contributed by atoms with Crippen molar-refractivity contribution in [2.45, 2.75) is 19.9 Å². The Morgan fingerprint density at radius 1 is 1.40 bits per heavy atom. The number of hydrogen-bond donors (Lipinski definition) is 2. The van der Waals surface area contributed by atoms with Crippen molar-refractivity contribution < 1.29 is 9.63 Å². The van der Waals surface area contributed by atoms with Crippen molar-refractivity contribution in [3.05, 3.63) is 53.4 Å². The molecule has 1 atom stereocenters. The minimum absolute atomic E-state index is 0.214. The number of nitrogens with two attached hydrogens (primary N) is 1. The standard InChI is InChI=1S/C20H22N8O2/c1-13(26-30-10-9-23-20(21)29)16-6-7-18-19(24-16)28(27-25-18)12-14-4-5-17-15(11-14)3-2-8-22-17/h2-8,15H,9-12H2,1H3,(H3,21,23,29)/b26-13+. The number of hydrogen-bond acceptors (Lipinski definition) is 7. The molecule has 1 aliphatic heterocycles. The lowest BCUT2D eigenvalue weighted by molar-refractivity contribution is 0.147. The van der Waals surface area contributed by atoms with Gasteiger partial charge in [-0.1, -0.05) is 22.5 Å². The molecule has 0 aromatic carbocycles. The molecule has 3 heterocycles. The first-order chi connectivity index (χ1) is 14.6. The Kier molecular flexibility index (Phi) is 5.64. The molecule has 0 saturated carbocycles. The number of pyridine rings is 1. The van der Waals surface area contributed by atoms with Crippen molar-refractivity contribution in [3.63, 3.8) is 0 Å². The molecule has 0 radical (unpaired) electrons. The lowest BCUT2D eigenvalue weighted by Gasteiger charge is -2.21. The third-order valence-corrected chi connectivity index (χ3v) is 4.78. The number of nitrogens with one attached hydrogen (secondary N) is 1. The molecule has 1 aliphatic carbocycles. The van der Waals surface area contributed by atoms with E-state index in [1.807, 2.05) is 24.4 Å². The van der Waals surface area contributed by atoms with Gasteiger partial charge in [0.25, 0.3) is 0 Å². The van der Waals surface area contributed by atoms with Crippen molar-refractivity contribution >= 4 is 29.1 Å². The van der Waals surface area contributed by atoms with E-state index in [1.54, 1.807) is 11.6 Å². The summed E-state index contributed by atoms with van der Waals surface area (Å²) in [6.45, 7) is 2.90. The average molecular weight is 406 g/mol. The van der Waals surface area contributed by atoms with Crippen LogP contribution < -0.4 is 11.1 Å². The molecule has 30 heavy (non-hydrogen) atoms. The van der Waals surface area contributed by atoms with Gasteiger partial charge < -0.3 is 15.9 Å². The number of primary amides is 1. The summed E-state index contributed by atoms with van der Waals surface area (Å²) in [6.07, 6.45) is 11.0. The largest absolute Gasteiger partial charge is 0.394 e. The topological polar surface area (TPSA) is 133 Å². The van der Waals surface area contributed by atoms with Gasteiger partial charge >= 0.3 is 6.03 Å². The van der Waals surface area contributed by atoms with Crippen molar-refractivity contribution in [1.29, 1.82) is 0 Å². The number of aromatic nitrogens is 4. The highest BCUT2D eigenvalue weighted by molar-refractivity contribution is 5.97. The van der Waals surface area contributed by atoms with Gasteiger partial charge in [0.05, 0.1) is 18.8 Å². The highest BCUT2D eigenvalue weighted by Crippen LogP contribution is 2.29. The summed E-state index contributed by atoms with van der Waals surface area (Å²) in [5.74, 6) is 0.309. The quantitative estimate of drug-likeness (QED) is 0.410. The minimum atomic E-state index is -0.598. The molecule has 2 amide bonds. The number of aliphatic imine (C=N–C) groups is 1. The smallest absolute Gasteiger partial charge is 0.312 e. The molecule has 2 aliphatic rings. The first kappa shape index (κ1) is 19.5. The molecular formula is C20H22N8O2. The number of carbonyl (C=O) groups excluding carboxylic acids is 1. The van der Waals surface area contributed by atoms with Crippen LogP contribution >= 0.6 is 0 Å². The maximum atomic E-state index is 10.6. The number of carbonyl (C=O) groups is 1. The van der Waals surface area contributed by atoms with Crippen LogP contribution in [0.5, 0.6) is 0 Å². The molecule has 2 aromatic heterocycles. The zero-order valence-corrected chi connectivity index (χ0v) is 16.5. The Morgan fingerprint density at radius 3 is 3.17 bits per heavy atom. The molecule has 10 heteroatoms. The summed E-state index contributed by atoms with van der Waals surface area (Å²) in [4.78, 5) is 24.9. The van der Waals surface area contributed by atoms with Crippen molar-refractivity contribution in [3.8, 4) is 0 Å². The van der Waals surface area contributed by atoms with Crippen LogP contribution in [0.25, 0.3) is 11.2 Å². The van der Waals surface area contributed by atoms with E-state index in [0.717, 1.165) is 12.1 Å². The Balaban J connectivity index is 1.47. The van der Waals surface area contributed by atoms with E-state index in [9.17, 15) is 4.79 Å². The molecule has 3 N–H and O–H groups in total. The lowest BCUT2D eigenvalue weighted by atomic mass is 9.90. The number of nitrogens with zero attached hydrogens (tertiary/aromatic N) is 6. The van der Waals surface area contributed by atoms with E-state index >= 15 is 0 Å². The highest BCUT2D eigenvalue weighted by Gasteiger charge is 2.19. The third-order valence-electron chi connectivity index (χ3n) is 4.78. The van der Waals surface area contributed by atoms with Crippen molar-refractivity contribution in [2.75, 3.05) is 13.2 Å². The average Bonchev–Trinajstić information content (AvgIpc) is 3.15. The predicted molar refractivity (Wildman–Crippen MR) is 113 cm³/mol. The molecule has 0 saturated heterocycles. The van der Waals surface area contributed by atoms with E-state index < -0.39 is 6.03 Å². The summed E-state index contributed by atoms with van der Waals surface area (Å²) in [5, 5.41) is 15.0. The zero-order valence-electron chi connectivity index (χ0n) is 16.5. The minimum Gasteiger partial charge on any atom is -0.394 e. The van der Waals surface area contributed by atoms with Gasteiger partial charge in [-0.15, -0.1) is 5.10 Å². The fourth-order valence-corrected chi connectivity index (χ4v) is 3.28. The Labute approximate surface area is 172 Å². The van der Waals surface area contributed by atoms with Crippen molar-refractivity contribution in [1.82, 2.24) is 25.3 Å². The van der Waals surface area contributed by atoms with Crippen LogP contribution in [0.1, 0.15) is 19.0 Å². The van der Waals surface area contributed by atoms with Gasteiger partial charge in [-0.05, 0) is 43.2 Å². The maximum absolute atomic E-state index is 10.6. The predicted octanol–water partition coefficient (Wildman–Crippen LogP) is 1.71. The summed E-state index contributed by atoms with van der Waals surface area (Å²) in [7, 11) is 0. The number of rotatable bonds is 7. The number of urea groups is 1.